The highest BCUT2D eigenvalue weighted by molar-refractivity contribution is 5.93. The van der Waals surface area contributed by atoms with Gasteiger partial charge < -0.3 is 4.74 Å². The Kier molecular flexibility index (Phi) is 4.40. The van der Waals surface area contributed by atoms with Crippen LogP contribution in [0, 0.1) is 5.92 Å². The number of carbonyl (C=O) groups is 2. The second-order valence-corrected chi connectivity index (χ2v) is 5.06. The fourth-order valence-electron chi connectivity index (χ4n) is 2.75. The minimum Gasteiger partial charge on any atom is -0.449 e. The molecule has 4 nitrogen and oxygen atoms in total. The molecule has 0 aromatic heterocycles. The summed E-state index contributed by atoms with van der Waals surface area (Å²) < 4.78 is 5.12. The molecule has 0 unspecified atom stereocenters. The summed E-state index contributed by atoms with van der Waals surface area (Å²) in [5.41, 5.74) is 0. The van der Waals surface area contributed by atoms with Crippen molar-refractivity contribution in [1.82, 2.24) is 4.90 Å². The second kappa shape index (κ2) is 6.03. The summed E-state index contributed by atoms with van der Waals surface area (Å²) in [5.74, 6) is 0.743. The summed E-state index contributed by atoms with van der Waals surface area (Å²) in [5, 5.41) is 0. The molecule has 96 valence electrons. The molecule has 1 heterocycles. The molecule has 0 atom stereocenters. The molecule has 0 radical (unpaired) electrons. The van der Waals surface area contributed by atoms with E-state index in [1.54, 1.807) is 0 Å². The van der Waals surface area contributed by atoms with Crippen molar-refractivity contribution < 1.29 is 14.3 Å². The summed E-state index contributed by atoms with van der Waals surface area (Å²) >= 11 is 0. The Bertz CT molecular complexity index is 284. The number of likely N-dealkylation sites (tertiary alicyclic amines) is 1. The number of hydrogen-bond donors (Lipinski definition) is 0. The first kappa shape index (κ1) is 12.4. The van der Waals surface area contributed by atoms with Crippen molar-refractivity contribution in [2.75, 3.05) is 13.2 Å². The predicted molar refractivity (Wildman–Crippen MR) is 63.5 cm³/mol. The van der Waals surface area contributed by atoms with Gasteiger partial charge in [-0.1, -0.05) is 25.7 Å². The van der Waals surface area contributed by atoms with Crippen LogP contribution in [0.2, 0.25) is 0 Å². The van der Waals surface area contributed by atoms with Gasteiger partial charge in [0.25, 0.3) is 0 Å². The van der Waals surface area contributed by atoms with Crippen LogP contribution in [0.4, 0.5) is 4.79 Å². The number of nitrogens with zero attached hydrogens (tertiary/aromatic N) is 1. The van der Waals surface area contributed by atoms with Gasteiger partial charge in [-0.3, -0.25) is 4.79 Å². The van der Waals surface area contributed by atoms with Gasteiger partial charge in [0.2, 0.25) is 5.91 Å². The van der Waals surface area contributed by atoms with Crippen LogP contribution in [0.5, 0.6) is 0 Å². The standard InChI is InChI=1S/C13H21NO3/c15-12-8-3-9-14(12)13(16)17-10-4-7-11-5-1-2-6-11/h11H,1-10H2. The highest BCUT2D eigenvalue weighted by atomic mass is 16.6. The molecule has 1 aliphatic carbocycles. The van der Waals surface area contributed by atoms with Crippen LogP contribution in [0.25, 0.3) is 0 Å². The molecule has 2 rings (SSSR count). The van der Waals surface area contributed by atoms with E-state index in [1.807, 2.05) is 0 Å². The van der Waals surface area contributed by atoms with Crippen LogP contribution in [-0.2, 0) is 9.53 Å². The summed E-state index contributed by atoms with van der Waals surface area (Å²) in [6, 6.07) is 0. The topological polar surface area (TPSA) is 46.6 Å². The molecule has 1 saturated heterocycles. The van der Waals surface area contributed by atoms with Gasteiger partial charge in [0.1, 0.15) is 0 Å². The minimum absolute atomic E-state index is 0.0919. The molecule has 2 amide bonds. The zero-order chi connectivity index (χ0) is 12.1. The Balaban J connectivity index is 1.58. The highest BCUT2D eigenvalue weighted by Crippen LogP contribution is 2.28. The van der Waals surface area contributed by atoms with Gasteiger partial charge in [-0.25, -0.2) is 9.69 Å². The van der Waals surface area contributed by atoms with Gasteiger partial charge in [-0.15, -0.1) is 0 Å². The molecule has 17 heavy (non-hydrogen) atoms. The largest absolute Gasteiger partial charge is 0.449 e. The zero-order valence-electron chi connectivity index (χ0n) is 10.3. The van der Waals surface area contributed by atoms with Crippen LogP contribution in [0.3, 0.4) is 0 Å². The van der Waals surface area contributed by atoms with E-state index in [0.29, 0.717) is 19.6 Å². The van der Waals surface area contributed by atoms with E-state index in [9.17, 15) is 9.59 Å². The average molecular weight is 239 g/mol. The molecule has 0 aromatic carbocycles. The van der Waals surface area contributed by atoms with E-state index in [1.165, 1.54) is 30.6 Å². The third-order valence-corrected chi connectivity index (χ3v) is 3.75. The Morgan fingerprint density at radius 3 is 2.71 bits per heavy atom. The molecule has 4 heteroatoms. The SMILES string of the molecule is O=C1CCCN1C(=O)OCCCC1CCCC1. The lowest BCUT2D eigenvalue weighted by Gasteiger charge is -2.14. The molecule has 1 aliphatic heterocycles. The Morgan fingerprint density at radius 2 is 2.06 bits per heavy atom. The number of ether oxygens (including phenoxy) is 1. The zero-order valence-corrected chi connectivity index (χ0v) is 10.3. The second-order valence-electron chi connectivity index (χ2n) is 5.06. The van der Waals surface area contributed by atoms with Crippen molar-refractivity contribution in [1.29, 1.82) is 0 Å². The Hall–Kier alpha value is -1.06. The predicted octanol–water partition coefficient (Wildman–Crippen LogP) is 2.72. The van der Waals surface area contributed by atoms with Crippen molar-refractivity contribution in [3.8, 4) is 0 Å². The van der Waals surface area contributed by atoms with Gasteiger partial charge in [0.05, 0.1) is 6.61 Å². The third kappa shape index (κ3) is 3.45. The van der Waals surface area contributed by atoms with Crippen molar-refractivity contribution in [2.45, 2.75) is 51.4 Å². The quantitative estimate of drug-likeness (QED) is 0.709. The maximum Gasteiger partial charge on any atom is 0.416 e. The molecule has 2 fully saturated rings. The molecular weight excluding hydrogens is 218 g/mol. The van der Waals surface area contributed by atoms with E-state index in [0.717, 1.165) is 25.2 Å². The normalized spacial score (nSPS) is 21.2. The van der Waals surface area contributed by atoms with E-state index >= 15 is 0 Å². The minimum atomic E-state index is -0.445. The van der Waals surface area contributed by atoms with E-state index in [2.05, 4.69) is 0 Å². The number of hydrogen-bond acceptors (Lipinski definition) is 3. The molecule has 0 bridgehead atoms. The first-order valence-corrected chi connectivity index (χ1v) is 6.74. The van der Waals surface area contributed by atoms with Crippen molar-refractivity contribution >= 4 is 12.0 Å². The lowest BCUT2D eigenvalue weighted by atomic mass is 10.0. The van der Waals surface area contributed by atoms with Crippen LogP contribution in [0.15, 0.2) is 0 Å². The van der Waals surface area contributed by atoms with E-state index < -0.39 is 6.09 Å². The maximum absolute atomic E-state index is 11.5. The molecule has 0 N–H and O–H groups in total. The summed E-state index contributed by atoms with van der Waals surface area (Å²) in [7, 11) is 0. The fourth-order valence-corrected chi connectivity index (χ4v) is 2.75. The van der Waals surface area contributed by atoms with Crippen LogP contribution in [-0.4, -0.2) is 30.1 Å². The Labute approximate surface area is 102 Å². The van der Waals surface area contributed by atoms with E-state index in [4.69, 9.17) is 4.74 Å². The summed E-state index contributed by atoms with van der Waals surface area (Å²) in [6.45, 7) is 0.986. The van der Waals surface area contributed by atoms with Crippen molar-refractivity contribution in [3.63, 3.8) is 0 Å². The van der Waals surface area contributed by atoms with Gasteiger partial charge in [-0.2, -0.15) is 0 Å². The van der Waals surface area contributed by atoms with Crippen LogP contribution >= 0.6 is 0 Å². The Morgan fingerprint density at radius 1 is 1.29 bits per heavy atom. The number of carbonyl (C=O) groups excluding carboxylic acids is 2. The molecule has 1 saturated carbocycles. The number of imide groups is 1. The van der Waals surface area contributed by atoms with Crippen molar-refractivity contribution in [2.24, 2.45) is 5.92 Å². The third-order valence-electron chi connectivity index (χ3n) is 3.75. The van der Waals surface area contributed by atoms with Crippen LogP contribution in [0.1, 0.15) is 51.4 Å². The van der Waals surface area contributed by atoms with Crippen LogP contribution < -0.4 is 0 Å². The van der Waals surface area contributed by atoms with Gasteiger partial charge >= 0.3 is 6.09 Å². The summed E-state index contributed by atoms with van der Waals surface area (Å²) in [4.78, 5) is 24.0. The first-order chi connectivity index (χ1) is 8.27. The first-order valence-electron chi connectivity index (χ1n) is 6.74. The molecule has 0 aromatic rings. The summed E-state index contributed by atoms with van der Waals surface area (Å²) in [6.07, 6.45) is 8.27. The van der Waals surface area contributed by atoms with Gasteiger partial charge in [0.15, 0.2) is 0 Å². The van der Waals surface area contributed by atoms with E-state index in [-0.39, 0.29) is 5.91 Å². The smallest absolute Gasteiger partial charge is 0.416 e. The lowest BCUT2D eigenvalue weighted by molar-refractivity contribution is -0.126. The molecule has 2 aliphatic rings. The fraction of sp³-hybridized carbons (Fsp3) is 0.846. The number of rotatable bonds is 4. The van der Waals surface area contributed by atoms with Crippen molar-refractivity contribution in [3.05, 3.63) is 0 Å². The highest BCUT2D eigenvalue weighted by Gasteiger charge is 2.27. The molecular formula is C13H21NO3. The monoisotopic (exact) mass is 239 g/mol. The molecule has 0 spiro atoms. The van der Waals surface area contributed by atoms with Gasteiger partial charge in [-0.05, 0) is 25.2 Å². The average Bonchev–Trinajstić information content (AvgIpc) is 2.95. The number of amides is 2. The maximum atomic E-state index is 11.5. The lowest BCUT2D eigenvalue weighted by Crippen LogP contribution is -2.32. The van der Waals surface area contributed by atoms with Gasteiger partial charge in [0, 0.05) is 13.0 Å².